The van der Waals surface area contributed by atoms with E-state index in [-0.39, 0.29) is 5.91 Å². The van der Waals surface area contributed by atoms with Crippen LogP contribution in [0, 0.1) is 0 Å². The van der Waals surface area contributed by atoms with Gasteiger partial charge in [-0.25, -0.2) is 0 Å². The van der Waals surface area contributed by atoms with E-state index in [1.54, 1.807) is 49.6 Å². The van der Waals surface area contributed by atoms with Gasteiger partial charge >= 0.3 is 0 Å². The highest BCUT2D eigenvalue weighted by Gasteiger charge is 2.15. The number of ether oxygens (including phenoxy) is 2. The summed E-state index contributed by atoms with van der Waals surface area (Å²) < 4.78 is 10.5. The van der Waals surface area contributed by atoms with Crippen LogP contribution in [0.2, 0.25) is 0 Å². The third-order valence-electron chi connectivity index (χ3n) is 2.93. The number of nitrogens with two attached hydrogens (primary N) is 1. The lowest BCUT2D eigenvalue weighted by Gasteiger charge is -2.12. The molecule has 0 saturated heterocycles. The molecule has 0 bridgehead atoms. The predicted octanol–water partition coefficient (Wildman–Crippen LogP) is 2.93. The van der Waals surface area contributed by atoms with Crippen LogP contribution in [-0.2, 0) is 0 Å². The van der Waals surface area contributed by atoms with E-state index in [9.17, 15) is 4.79 Å². The molecule has 3 N–H and O–H groups in total. The lowest BCUT2D eigenvalue weighted by Crippen LogP contribution is -2.14. The molecule has 0 heterocycles. The molecule has 2 rings (SSSR count). The fourth-order valence-electron chi connectivity index (χ4n) is 1.91. The number of nitrogen functional groups attached to an aromatic ring is 1. The van der Waals surface area contributed by atoms with Crippen molar-refractivity contribution in [1.29, 1.82) is 0 Å². The molecule has 1 amide bonds. The lowest BCUT2D eigenvalue weighted by molar-refractivity contribution is 0.102. The maximum atomic E-state index is 12.3. The number of hydrogen-bond acceptors (Lipinski definition) is 4. The van der Waals surface area contributed by atoms with Crippen molar-refractivity contribution in [3.05, 3.63) is 48.0 Å². The first kappa shape index (κ1) is 14.7. The van der Waals surface area contributed by atoms with Crippen LogP contribution in [0.1, 0.15) is 17.3 Å². The number of para-hydroxylation sites is 1. The second kappa shape index (κ2) is 6.65. The Balaban J connectivity index is 2.21. The molecule has 0 saturated carbocycles. The van der Waals surface area contributed by atoms with Crippen LogP contribution in [0.3, 0.4) is 0 Å². The van der Waals surface area contributed by atoms with Crippen molar-refractivity contribution < 1.29 is 14.3 Å². The summed E-state index contributed by atoms with van der Waals surface area (Å²) in [6.07, 6.45) is 0. The molecule has 0 fully saturated rings. The Hall–Kier alpha value is -2.69. The Kier molecular flexibility index (Phi) is 4.66. The standard InChI is InChI=1S/C16H18N2O3/c1-3-21-15-13(5-4-6-14(15)17)16(19)18-11-7-9-12(20-2)10-8-11/h4-10H,3,17H2,1-2H3,(H,18,19). The summed E-state index contributed by atoms with van der Waals surface area (Å²) in [5, 5.41) is 2.81. The van der Waals surface area contributed by atoms with Gasteiger partial charge in [0.05, 0.1) is 25.0 Å². The maximum absolute atomic E-state index is 12.3. The van der Waals surface area contributed by atoms with Gasteiger partial charge in [-0.3, -0.25) is 4.79 Å². The van der Waals surface area contributed by atoms with Crippen LogP contribution < -0.4 is 20.5 Å². The van der Waals surface area contributed by atoms with Crippen LogP contribution in [-0.4, -0.2) is 19.6 Å². The van der Waals surface area contributed by atoms with E-state index in [1.807, 2.05) is 6.92 Å². The van der Waals surface area contributed by atoms with Crippen LogP contribution >= 0.6 is 0 Å². The molecular weight excluding hydrogens is 268 g/mol. The molecule has 0 unspecified atom stereocenters. The van der Waals surface area contributed by atoms with E-state index in [1.165, 1.54) is 0 Å². The van der Waals surface area contributed by atoms with Crippen molar-refractivity contribution in [2.24, 2.45) is 0 Å². The summed E-state index contributed by atoms with van der Waals surface area (Å²) in [4.78, 5) is 12.3. The van der Waals surface area contributed by atoms with E-state index in [0.29, 0.717) is 29.3 Å². The minimum atomic E-state index is -0.268. The molecule has 2 aromatic rings. The molecule has 0 radical (unpaired) electrons. The van der Waals surface area contributed by atoms with E-state index >= 15 is 0 Å². The van der Waals surface area contributed by atoms with E-state index in [0.717, 1.165) is 5.75 Å². The Morgan fingerprint density at radius 1 is 1.19 bits per heavy atom. The summed E-state index contributed by atoms with van der Waals surface area (Å²) in [7, 11) is 1.59. The third-order valence-corrected chi connectivity index (χ3v) is 2.93. The van der Waals surface area contributed by atoms with Gasteiger partial charge in [0.1, 0.15) is 5.75 Å². The zero-order valence-electron chi connectivity index (χ0n) is 12.1. The van der Waals surface area contributed by atoms with Crippen molar-refractivity contribution in [3.8, 4) is 11.5 Å². The van der Waals surface area contributed by atoms with Gasteiger partial charge in [0.15, 0.2) is 5.75 Å². The van der Waals surface area contributed by atoms with Gasteiger partial charge in [0.2, 0.25) is 0 Å². The summed E-state index contributed by atoms with van der Waals surface area (Å²) in [6.45, 7) is 2.29. The summed E-state index contributed by atoms with van der Waals surface area (Å²) >= 11 is 0. The lowest BCUT2D eigenvalue weighted by atomic mass is 10.1. The number of carbonyl (C=O) groups excluding carboxylic acids is 1. The quantitative estimate of drug-likeness (QED) is 0.829. The molecule has 0 aliphatic heterocycles. The smallest absolute Gasteiger partial charge is 0.259 e. The average Bonchev–Trinajstić information content (AvgIpc) is 2.50. The summed E-state index contributed by atoms with van der Waals surface area (Å²) in [5.74, 6) is 0.869. The number of hydrogen-bond donors (Lipinski definition) is 2. The molecule has 5 heteroatoms. The third kappa shape index (κ3) is 3.45. The minimum absolute atomic E-state index is 0.268. The number of benzene rings is 2. The Morgan fingerprint density at radius 2 is 1.90 bits per heavy atom. The molecule has 21 heavy (non-hydrogen) atoms. The average molecular weight is 286 g/mol. The van der Waals surface area contributed by atoms with Gasteiger partial charge < -0.3 is 20.5 Å². The summed E-state index contributed by atoms with van der Waals surface area (Å²) in [6, 6.07) is 12.2. The maximum Gasteiger partial charge on any atom is 0.259 e. The molecule has 0 aliphatic carbocycles. The van der Waals surface area contributed by atoms with Crippen molar-refractivity contribution in [2.45, 2.75) is 6.92 Å². The largest absolute Gasteiger partial charge is 0.497 e. The van der Waals surface area contributed by atoms with Gasteiger partial charge in [-0.05, 0) is 43.3 Å². The van der Waals surface area contributed by atoms with E-state index in [2.05, 4.69) is 5.32 Å². The molecule has 0 atom stereocenters. The highest BCUT2D eigenvalue weighted by molar-refractivity contribution is 6.07. The van der Waals surface area contributed by atoms with Crippen molar-refractivity contribution in [2.75, 3.05) is 24.8 Å². The Morgan fingerprint density at radius 3 is 2.52 bits per heavy atom. The molecule has 2 aromatic carbocycles. The molecule has 0 aromatic heterocycles. The molecule has 0 spiro atoms. The first-order valence-electron chi connectivity index (χ1n) is 6.62. The van der Waals surface area contributed by atoms with Gasteiger partial charge in [-0.2, -0.15) is 0 Å². The SMILES string of the molecule is CCOc1c(N)cccc1C(=O)Nc1ccc(OC)cc1. The number of anilines is 2. The number of amides is 1. The Labute approximate surface area is 123 Å². The fraction of sp³-hybridized carbons (Fsp3) is 0.188. The van der Waals surface area contributed by atoms with Crippen molar-refractivity contribution >= 4 is 17.3 Å². The van der Waals surface area contributed by atoms with Crippen LogP contribution in [0.4, 0.5) is 11.4 Å². The number of rotatable bonds is 5. The predicted molar refractivity (Wildman–Crippen MR) is 83.0 cm³/mol. The molecular formula is C16H18N2O3. The highest BCUT2D eigenvalue weighted by Crippen LogP contribution is 2.27. The van der Waals surface area contributed by atoms with Gasteiger partial charge in [-0.15, -0.1) is 0 Å². The molecule has 0 aliphatic rings. The van der Waals surface area contributed by atoms with Crippen LogP contribution in [0.25, 0.3) is 0 Å². The Bertz CT molecular complexity index is 624. The van der Waals surface area contributed by atoms with E-state index in [4.69, 9.17) is 15.2 Å². The van der Waals surface area contributed by atoms with Gasteiger partial charge in [0.25, 0.3) is 5.91 Å². The van der Waals surface area contributed by atoms with Crippen LogP contribution in [0.15, 0.2) is 42.5 Å². The first-order chi connectivity index (χ1) is 10.2. The normalized spacial score (nSPS) is 10.0. The van der Waals surface area contributed by atoms with Gasteiger partial charge in [0, 0.05) is 5.69 Å². The van der Waals surface area contributed by atoms with Crippen LogP contribution in [0.5, 0.6) is 11.5 Å². The minimum Gasteiger partial charge on any atom is -0.497 e. The number of methoxy groups -OCH3 is 1. The number of carbonyl (C=O) groups is 1. The second-order valence-electron chi connectivity index (χ2n) is 4.34. The number of nitrogens with one attached hydrogen (secondary N) is 1. The van der Waals surface area contributed by atoms with Gasteiger partial charge in [-0.1, -0.05) is 6.07 Å². The van der Waals surface area contributed by atoms with E-state index < -0.39 is 0 Å². The summed E-state index contributed by atoms with van der Waals surface area (Å²) in [5.41, 5.74) is 7.38. The zero-order valence-corrected chi connectivity index (χ0v) is 12.1. The first-order valence-corrected chi connectivity index (χ1v) is 6.62. The second-order valence-corrected chi connectivity index (χ2v) is 4.34. The molecule has 5 nitrogen and oxygen atoms in total. The zero-order chi connectivity index (χ0) is 15.2. The topological polar surface area (TPSA) is 73.6 Å². The molecule has 110 valence electrons. The van der Waals surface area contributed by atoms with Crippen molar-refractivity contribution in [1.82, 2.24) is 0 Å². The van der Waals surface area contributed by atoms with Crippen molar-refractivity contribution in [3.63, 3.8) is 0 Å². The monoisotopic (exact) mass is 286 g/mol. The highest BCUT2D eigenvalue weighted by atomic mass is 16.5. The fourth-order valence-corrected chi connectivity index (χ4v) is 1.91.